The standard InChI is InChI=1S/C16H21NO3/c1-11(18)10-17(2)13-6-4-12(5-7-13)14-8-9-15(14)16(19)20-3/h4-7,14-15H,8-10H2,1-3H3. The van der Waals surface area contributed by atoms with Crippen LogP contribution in [-0.2, 0) is 14.3 Å². The second kappa shape index (κ2) is 6.07. The molecule has 0 bridgehead atoms. The van der Waals surface area contributed by atoms with Crippen LogP contribution in [0.15, 0.2) is 24.3 Å². The molecule has 1 aliphatic rings. The van der Waals surface area contributed by atoms with Crippen LogP contribution in [0.25, 0.3) is 0 Å². The molecule has 4 heteroatoms. The zero-order chi connectivity index (χ0) is 14.7. The largest absolute Gasteiger partial charge is 0.469 e. The van der Waals surface area contributed by atoms with E-state index in [4.69, 9.17) is 4.74 Å². The van der Waals surface area contributed by atoms with Gasteiger partial charge in [-0.3, -0.25) is 9.59 Å². The normalized spacial score (nSPS) is 20.9. The smallest absolute Gasteiger partial charge is 0.309 e. The number of rotatable bonds is 5. The summed E-state index contributed by atoms with van der Waals surface area (Å²) in [6, 6.07) is 8.10. The summed E-state index contributed by atoms with van der Waals surface area (Å²) in [5.41, 5.74) is 2.18. The summed E-state index contributed by atoms with van der Waals surface area (Å²) in [4.78, 5) is 24.6. The van der Waals surface area contributed by atoms with E-state index in [9.17, 15) is 9.59 Å². The first-order valence-corrected chi connectivity index (χ1v) is 6.91. The first-order valence-electron chi connectivity index (χ1n) is 6.91. The van der Waals surface area contributed by atoms with Crippen LogP contribution >= 0.6 is 0 Å². The number of carbonyl (C=O) groups excluding carboxylic acids is 2. The molecule has 2 rings (SSSR count). The Labute approximate surface area is 119 Å². The molecule has 0 amide bonds. The number of esters is 1. The van der Waals surface area contributed by atoms with Crippen molar-refractivity contribution in [2.45, 2.75) is 25.7 Å². The van der Waals surface area contributed by atoms with E-state index in [1.165, 1.54) is 12.7 Å². The molecule has 2 atom stereocenters. The van der Waals surface area contributed by atoms with Gasteiger partial charge in [0, 0.05) is 12.7 Å². The van der Waals surface area contributed by atoms with Crippen molar-refractivity contribution in [3.8, 4) is 0 Å². The fraction of sp³-hybridized carbons (Fsp3) is 0.500. The summed E-state index contributed by atoms with van der Waals surface area (Å²) in [7, 11) is 3.34. The zero-order valence-corrected chi connectivity index (χ0v) is 12.3. The van der Waals surface area contributed by atoms with Crippen LogP contribution in [0.5, 0.6) is 0 Å². The van der Waals surface area contributed by atoms with E-state index < -0.39 is 0 Å². The van der Waals surface area contributed by atoms with Crippen LogP contribution in [-0.4, -0.2) is 32.5 Å². The summed E-state index contributed by atoms with van der Waals surface area (Å²) in [6.07, 6.45) is 1.94. The maximum atomic E-state index is 11.6. The molecule has 1 aromatic rings. The number of nitrogens with zero attached hydrogens (tertiary/aromatic N) is 1. The maximum absolute atomic E-state index is 11.6. The number of ketones is 1. The Morgan fingerprint density at radius 2 is 1.90 bits per heavy atom. The molecule has 0 N–H and O–H groups in total. The molecule has 0 aliphatic heterocycles. The molecule has 1 fully saturated rings. The lowest BCUT2D eigenvalue weighted by Crippen LogP contribution is -2.32. The van der Waals surface area contributed by atoms with Gasteiger partial charge in [-0.15, -0.1) is 0 Å². The lowest BCUT2D eigenvalue weighted by atomic mass is 9.70. The monoisotopic (exact) mass is 275 g/mol. The third-order valence-electron chi connectivity index (χ3n) is 4.00. The van der Waals surface area contributed by atoms with Crippen molar-refractivity contribution in [2.75, 3.05) is 25.6 Å². The van der Waals surface area contributed by atoms with Gasteiger partial charge < -0.3 is 9.64 Å². The number of ether oxygens (including phenoxy) is 1. The van der Waals surface area contributed by atoms with Crippen molar-refractivity contribution in [1.29, 1.82) is 0 Å². The molecule has 1 aliphatic carbocycles. The number of benzene rings is 1. The third kappa shape index (κ3) is 3.00. The van der Waals surface area contributed by atoms with Gasteiger partial charge in [0.1, 0.15) is 5.78 Å². The number of anilines is 1. The number of carbonyl (C=O) groups is 2. The quantitative estimate of drug-likeness (QED) is 0.774. The van der Waals surface area contributed by atoms with Gasteiger partial charge in [0.25, 0.3) is 0 Å². The van der Waals surface area contributed by atoms with Crippen LogP contribution in [0.3, 0.4) is 0 Å². The highest BCUT2D eigenvalue weighted by molar-refractivity contribution is 5.80. The Hall–Kier alpha value is -1.84. The van der Waals surface area contributed by atoms with E-state index in [0.29, 0.717) is 6.54 Å². The summed E-state index contributed by atoms with van der Waals surface area (Å²) in [6.45, 7) is 1.99. The van der Waals surface area contributed by atoms with Crippen LogP contribution in [0.4, 0.5) is 5.69 Å². The number of methoxy groups -OCH3 is 1. The summed E-state index contributed by atoms with van der Waals surface area (Å²) >= 11 is 0. The van der Waals surface area contributed by atoms with Crippen molar-refractivity contribution >= 4 is 17.4 Å². The highest BCUT2D eigenvalue weighted by Gasteiger charge is 2.38. The molecule has 20 heavy (non-hydrogen) atoms. The fourth-order valence-corrected chi connectivity index (χ4v) is 2.73. The number of hydrogen-bond acceptors (Lipinski definition) is 4. The summed E-state index contributed by atoms with van der Waals surface area (Å²) < 4.78 is 4.83. The van der Waals surface area contributed by atoms with Crippen LogP contribution < -0.4 is 4.90 Å². The average molecular weight is 275 g/mol. The first kappa shape index (κ1) is 14.6. The Kier molecular flexibility index (Phi) is 4.42. The average Bonchev–Trinajstić information content (AvgIpc) is 2.37. The highest BCUT2D eigenvalue weighted by atomic mass is 16.5. The van der Waals surface area contributed by atoms with Gasteiger partial charge in [-0.25, -0.2) is 0 Å². The third-order valence-corrected chi connectivity index (χ3v) is 4.00. The molecule has 0 saturated heterocycles. The van der Waals surface area contributed by atoms with Gasteiger partial charge in [0.05, 0.1) is 19.6 Å². The first-order chi connectivity index (χ1) is 9.52. The highest BCUT2D eigenvalue weighted by Crippen LogP contribution is 2.43. The van der Waals surface area contributed by atoms with E-state index in [1.807, 2.05) is 36.2 Å². The van der Waals surface area contributed by atoms with Crippen molar-refractivity contribution in [3.63, 3.8) is 0 Å². The van der Waals surface area contributed by atoms with Crippen molar-refractivity contribution in [2.24, 2.45) is 5.92 Å². The second-order valence-corrected chi connectivity index (χ2v) is 5.46. The molecule has 0 heterocycles. The van der Waals surface area contributed by atoms with Crippen LogP contribution in [0, 0.1) is 5.92 Å². The van der Waals surface area contributed by atoms with Gasteiger partial charge >= 0.3 is 5.97 Å². The van der Waals surface area contributed by atoms with E-state index in [-0.39, 0.29) is 23.6 Å². The minimum absolute atomic E-state index is 0.000740. The maximum Gasteiger partial charge on any atom is 0.309 e. The Morgan fingerprint density at radius 3 is 2.35 bits per heavy atom. The molecular weight excluding hydrogens is 254 g/mol. The Balaban J connectivity index is 2.05. The molecule has 0 radical (unpaired) electrons. The fourth-order valence-electron chi connectivity index (χ4n) is 2.73. The summed E-state index contributed by atoms with van der Waals surface area (Å²) in [5, 5.41) is 0. The van der Waals surface area contributed by atoms with Gasteiger partial charge in [-0.2, -0.15) is 0 Å². The van der Waals surface area contributed by atoms with Crippen molar-refractivity contribution in [3.05, 3.63) is 29.8 Å². The lowest BCUT2D eigenvalue weighted by molar-refractivity contribution is -0.149. The van der Waals surface area contributed by atoms with Gasteiger partial charge in [0.15, 0.2) is 0 Å². The van der Waals surface area contributed by atoms with E-state index >= 15 is 0 Å². The molecule has 108 valence electrons. The van der Waals surface area contributed by atoms with E-state index in [1.54, 1.807) is 6.92 Å². The van der Waals surface area contributed by atoms with Crippen LogP contribution in [0.2, 0.25) is 0 Å². The molecule has 1 aromatic carbocycles. The lowest BCUT2D eigenvalue weighted by Gasteiger charge is -2.34. The molecule has 0 aromatic heterocycles. The molecular formula is C16H21NO3. The predicted octanol–water partition coefficient (Wildman–Crippen LogP) is 2.38. The van der Waals surface area contributed by atoms with Crippen molar-refractivity contribution in [1.82, 2.24) is 0 Å². The second-order valence-electron chi connectivity index (χ2n) is 5.46. The van der Waals surface area contributed by atoms with E-state index in [0.717, 1.165) is 18.5 Å². The molecule has 0 spiro atoms. The molecule has 2 unspecified atom stereocenters. The minimum atomic E-state index is -0.112. The van der Waals surface area contributed by atoms with E-state index in [2.05, 4.69) is 0 Å². The predicted molar refractivity (Wildman–Crippen MR) is 77.9 cm³/mol. The molecule has 1 saturated carbocycles. The van der Waals surface area contributed by atoms with Crippen LogP contribution in [0.1, 0.15) is 31.2 Å². The SMILES string of the molecule is COC(=O)C1CCC1c1ccc(N(C)CC(C)=O)cc1. The zero-order valence-electron chi connectivity index (χ0n) is 12.3. The van der Waals surface area contributed by atoms with Gasteiger partial charge in [-0.1, -0.05) is 12.1 Å². The number of Topliss-reactive ketones (excluding diaryl/α,β-unsaturated/α-hetero) is 1. The van der Waals surface area contributed by atoms with Gasteiger partial charge in [0.2, 0.25) is 0 Å². The number of hydrogen-bond donors (Lipinski definition) is 0. The van der Waals surface area contributed by atoms with Crippen molar-refractivity contribution < 1.29 is 14.3 Å². The van der Waals surface area contributed by atoms with Gasteiger partial charge in [-0.05, 0) is 43.4 Å². The minimum Gasteiger partial charge on any atom is -0.469 e. The summed E-state index contributed by atoms with van der Waals surface area (Å²) in [5.74, 6) is 0.302. The topological polar surface area (TPSA) is 46.6 Å². The number of likely N-dealkylation sites (N-methyl/N-ethyl adjacent to an activating group) is 1. The molecule has 4 nitrogen and oxygen atoms in total. The Bertz CT molecular complexity index is 495. The Morgan fingerprint density at radius 1 is 1.25 bits per heavy atom.